The molecule has 0 aromatic heterocycles. The van der Waals surface area contributed by atoms with Crippen LogP contribution in [0.1, 0.15) is 26.3 Å². The molecule has 0 aliphatic rings. The first-order valence-corrected chi connectivity index (χ1v) is 7.21. The first-order valence-electron chi connectivity index (χ1n) is 6.06. The van der Waals surface area contributed by atoms with Crippen molar-refractivity contribution in [2.24, 2.45) is 0 Å². The van der Waals surface area contributed by atoms with Gasteiger partial charge in [0.1, 0.15) is 5.60 Å². The Kier molecular flexibility index (Phi) is 8.14. The monoisotopic (exact) mass is 303 g/mol. The first-order chi connectivity index (χ1) is 8.38. The Morgan fingerprint density at radius 1 is 1.32 bits per heavy atom. The summed E-state index contributed by atoms with van der Waals surface area (Å²) in [4.78, 5) is 11.7. The SMILES string of the molecule is CC(C)(C)OC(=O)C([NH3+])CSCc1ccccc1.[Cl-]. The molecule has 0 amide bonds. The molecule has 0 bridgehead atoms. The molecule has 0 heterocycles. The lowest BCUT2D eigenvalue weighted by atomic mass is 10.2. The number of benzene rings is 1. The van der Waals surface area contributed by atoms with Crippen molar-refractivity contribution in [1.29, 1.82) is 0 Å². The van der Waals surface area contributed by atoms with Gasteiger partial charge in [-0.15, -0.1) is 0 Å². The van der Waals surface area contributed by atoms with Gasteiger partial charge in [0, 0.05) is 5.75 Å². The number of carbonyl (C=O) groups excluding carboxylic acids is 1. The van der Waals surface area contributed by atoms with Crippen LogP contribution in [0.25, 0.3) is 0 Å². The van der Waals surface area contributed by atoms with E-state index in [0.29, 0.717) is 5.75 Å². The minimum absolute atomic E-state index is 0. The highest BCUT2D eigenvalue weighted by Crippen LogP contribution is 2.13. The van der Waals surface area contributed by atoms with E-state index >= 15 is 0 Å². The zero-order valence-corrected chi connectivity index (χ0v) is 13.3. The van der Waals surface area contributed by atoms with Crippen molar-refractivity contribution >= 4 is 17.7 Å². The van der Waals surface area contributed by atoms with Crippen molar-refractivity contribution in [3.63, 3.8) is 0 Å². The number of carbonyl (C=O) groups is 1. The summed E-state index contributed by atoms with van der Waals surface area (Å²) >= 11 is 1.71. The highest BCUT2D eigenvalue weighted by molar-refractivity contribution is 7.98. The van der Waals surface area contributed by atoms with Crippen LogP contribution in [-0.4, -0.2) is 23.4 Å². The largest absolute Gasteiger partial charge is 1.00 e. The van der Waals surface area contributed by atoms with E-state index in [1.54, 1.807) is 11.8 Å². The molecule has 1 aromatic rings. The molecular formula is C14H22ClNO2S. The molecule has 5 heteroatoms. The topological polar surface area (TPSA) is 53.9 Å². The number of halogens is 1. The number of quaternary nitrogens is 1. The minimum atomic E-state index is -0.433. The lowest BCUT2D eigenvalue weighted by Gasteiger charge is -2.20. The van der Waals surface area contributed by atoms with Gasteiger partial charge in [-0.3, -0.25) is 0 Å². The third-order valence-corrected chi connectivity index (χ3v) is 3.35. The van der Waals surface area contributed by atoms with E-state index in [1.807, 2.05) is 39.0 Å². The molecular weight excluding hydrogens is 282 g/mol. The molecule has 0 spiro atoms. The third kappa shape index (κ3) is 8.14. The number of ether oxygens (including phenoxy) is 1. The summed E-state index contributed by atoms with van der Waals surface area (Å²) in [6.45, 7) is 5.61. The fourth-order valence-electron chi connectivity index (χ4n) is 1.35. The fourth-order valence-corrected chi connectivity index (χ4v) is 2.31. The summed E-state index contributed by atoms with van der Waals surface area (Å²) in [5.74, 6) is 1.36. The lowest BCUT2D eigenvalue weighted by Crippen LogP contribution is -3.00. The van der Waals surface area contributed by atoms with Crippen molar-refractivity contribution in [3.05, 3.63) is 35.9 Å². The van der Waals surface area contributed by atoms with E-state index in [9.17, 15) is 4.79 Å². The molecule has 0 aliphatic carbocycles. The second kappa shape index (κ2) is 8.46. The van der Waals surface area contributed by atoms with Gasteiger partial charge in [0.25, 0.3) is 0 Å². The molecule has 1 rings (SSSR count). The molecule has 0 radical (unpaired) electrons. The van der Waals surface area contributed by atoms with Gasteiger partial charge in [-0.1, -0.05) is 30.3 Å². The van der Waals surface area contributed by atoms with Crippen LogP contribution in [0.4, 0.5) is 0 Å². The average Bonchev–Trinajstić information content (AvgIpc) is 2.28. The van der Waals surface area contributed by atoms with Gasteiger partial charge in [-0.2, -0.15) is 11.8 Å². The highest BCUT2D eigenvalue weighted by Gasteiger charge is 2.24. The van der Waals surface area contributed by atoms with Crippen LogP contribution in [0.5, 0.6) is 0 Å². The lowest BCUT2D eigenvalue weighted by molar-refractivity contribution is -0.402. The Bertz CT molecular complexity index is 379. The number of rotatable bonds is 5. The van der Waals surface area contributed by atoms with Gasteiger partial charge >= 0.3 is 5.97 Å². The summed E-state index contributed by atoms with van der Waals surface area (Å²) in [5, 5.41) is 0. The number of hydrogen-bond acceptors (Lipinski definition) is 3. The quantitative estimate of drug-likeness (QED) is 0.701. The maximum Gasteiger partial charge on any atom is 0.366 e. The zero-order chi connectivity index (χ0) is 13.6. The standard InChI is InChI=1S/C14H21NO2S.ClH/c1-14(2,3)17-13(16)12(15)10-18-9-11-7-5-4-6-8-11;/h4-8,12H,9-10,15H2,1-3H3;1H. The van der Waals surface area contributed by atoms with Gasteiger partial charge in [-0.05, 0) is 26.3 Å². The van der Waals surface area contributed by atoms with E-state index in [1.165, 1.54) is 5.56 Å². The molecule has 19 heavy (non-hydrogen) atoms. The van der Waals surface area contributed by atoms with Crippen LogP contribution in [0.3, 0.4) is 0 Å². The van der Waals surface area contributed by atoms with E-state index in [4.69, 9.17) is 4.74 Å². The molecule has 3 nitrogen and oxygen atoms in total. The fraction of sp³-hybridized carbons (Fsp3) is 0.500. The smallest absolute Gasteiger partial charge is 0.366 e. The summed E-state index contributed by atoms with van der Waals surface area (Å²) in [7, 11) is 0. The van der Waals surface area contributed by atoms with Crippen LogP contribution in [0.15, 0.2) is 30.3 Å². The molecule has 3 N–H and O–H groups in total. The van der Waals surface area contributed by atoms with Gasteiger partial charge in [0.2, 0.25) is 0 Å². The van der Waals surface area contributed by atoms with E-state index in [-0.39, 0.29) is 24.4 Å². The summed E-state index contributed by atoms with van der Waals surface area (Å²) < 4.78 is 5.29. The predicted octanol–water partition coefficient (Wildman–Crippen LogP) is -1.12. The molecule has 0 saturated heterocycles. The van der Waals surface area contributed by atoms with Crippen molar-refractivity contribution in [1.82, 2.24) is 0 Å². The maximum absolute atomic E-state index is 11.7. The van der Waals surface area contributed by atoms with E-state index in [0.717, 1.165) is 5.75 Å². The Labute approximate surface area is 125 Å². The maximum atomic E-state index is 11.7. The van der Waals surface area contributed by atoms with Crippen LogP contribution < -0.4 is 18.1 Å². The van der Waals surface area contributed by atoms with E-state index in [2.05, 4.69) is 17.9 Å². The minimum Gasteiger partial charge on any atom is -1.00 e. The Morgan fingerprint density at radius 2 is 1.89 bits per heavy atom. The van der Waals surface area contributed by atoms with Crippen LogP contribution in [0, 0.1) is 0 Å². The molecule has 1 unspecified atom stereocenters. The molecule has 108 valence electrons. The summed E-state index contributed by atoms with van der Waals surface area (Å²) in [6.07, 6.45) is 0. The molecule has 0 fully saturated rings. The van der Waals surface area contributed by atoms with Gasteiger partial charge in [-0.25, -0.2) is 4.79 Å². The van der Waals surface area contributed by atoms with Gasteiger partial charge in [0.05, 0.1) is 5.75 Å². The summed E-state index contributed by atoms with van der Waals surface area (Å²) in [6, 6.07) is 9.89. The molecule has 1 atom stereocenters. The van der Waals surface area contributed by atoms with E-state index < -0.39 is 5.60 Å². The van der Waals surface area contributed by atoms with Crippen molar-refractivity contribution in [2.75, 3.05) is 5.75 Å². The van der Waals surface area contributed by atoms with Crippen molar-refractivity contribution in [2.45, 2.75) is 38.2 Å². The van der Waals surface area contributed by atoms with Gasteiger partial charge in [0.15, 0.2) is 6.04 Å². The Hall–Kier alpha value is -0.710. The second-order valence-corrected chi connectivity index (χ2v) is 6.26. The van der Waals surface area contributed by atoms with Crippen LogP contribution >= 0.6 is 11.8 Å². The highest BCUT2D eigenvalue weighted by atomic mass is 35.5. The summed E-state index contributed by atoms with van der Waals surface area (Å²) in [5.41, 5.74) is 4.69. The number of hydrogen-bond donors (Lipinski definition) is 1. The third-order valence-electron chi connectivity index (χ3n) is 2.17. The Balaban J connectivity index is 0.00000324. The van der Waals surface area contributed by atoms with Crippen molar-refractivity contribution in [3.8, 4) is 0 Å². The normalized spacial score (nSPS) is 12.4. The number of esters is 1. The molecule has 1 aromatic carbocycles. The van der Waals surface area contributed by atoms with Crippen molar-refractivity contribution < 1.29 is 27.7 Å². The first kappa shape index (κ1) is 18.3. The predicted molar refractivity (Wildman–Crippen MR) is 75.1 cm³/mol. The Morgan fingerprint density at radius 3 is 2.42 bits per heavy atom. The average molecular weight is 304 g/mol. The van der Waals surface area contributed by atoms with Crippen LogP contribution in [0.2, 0.25) is 0 Å². The second-order valence-electron chi connectivity index (χ2n) is 5.23. The molecule has 0 aliphatic heterocycles. The molecule has 0 saturated carbocycles. The number of thioether (sulfide) groups is 1. The zero-order valence-electron chi connectivity index (χ0n) is 11.7. The van der Waals surface area contributed by atoms with Gasteiger partial charge < -0.3 is 22.9 Å². The van der Waals surface area contributed by atoms with Crippen LogP contribution in [-0.2, 0) is 15.3 Å².